The molecule has 0 aliphatic heterocycles. The number of anilines is 1. The van der Waals surface area contributed by atoms with Gasteiger partial charge in [-0.2, -0.15) is 5.10 Å². The van der Waals surface area contributed by atoms with Gasteiger partial charge in [0.15, 0.2) is 5.13 Å². The number of esters is 1. The molecule has 2 heterocycles. The summed E-state index contributed by atoms with van der Waals surface area (Å²) in [6, 6.07) is 0. The highest BCUT2D eigenvalue weighted by molar-refractivity contribution is 7.13. The smallest absolute Gasteiger partial charge is 0.311 e. The van der Waals surface area contributed by atoms with Crippen LogP contribution in [0.25, 0.3) is 0 Å². The number of carbonyl (C=O) groups is 1. The summed E-state index contributed by atoms with van der Waals surface area (Å²) in [4.78, 5) is 15.5. The number of rotatable bonds is 6. The quantitative estimate of drug-likeness (QED) is 0.822. The molecule has 0 aliphatic rings. The molecule has 0 radical (unpaired) electrons. The van der Waals surface area contributed by atoms with Gasteiger partial charge in [0.2, 0.25) is 0 Å². The minimum Gasteiger partial charge on any atom is -0.469 e. The summed E-state index contributed by atoms with van der Waals surface area (Å²) in [5, 5.41) is 10.3. The Morgan fingerprint density at radius 1 is 1.55 bits per heavy atom. The molecular weight excluding hydrogens is 276 g/mol. The van der Waals surface area contributed by atoms with E-state index in [1.807, 2.05) is 23.3 Å². The Hall–Kier alpha value is -1.89. The Morgan fingerprint density at radius 2 is 2.35 bits per heavy atom. The Balaban J connectivity index is 1.95. The Labute approximate surface area is 121 Å². The van der Waals surface area contributed by atoms with Crippen LogP contribution in [0.1, 0.15) is 23.9 Å². The molecule has 2 aromatic heterocycles. The van der Waals surface area contributed by atoms with Gasteiger partial charge in [0, 0.05) is 30.7 Å². The first-order valence-electron chi connectivity index (χ1n) is 6.38. The summed E-state index contributed by atoms with van der Waals surface area (Å²) < 4.78 is 6.44. The van der Waals surface area contributed by atoms with Crippen LogP contribution in [0.3, 0.4) is 0 Å². The predicted octanol–water partition coefficient (Wildman–Crippen LogP) is 1.77. The van der Waals surface area contributed by atoms with Crippen LogP contribution in [0, 0.1) is 0 Å². The molecule has 0 atom stereocenters. The van der Waals surface area contributed by atoms with Gasteiger partial charge in [-0.3, -0.25) is 9.48 Å². The molecule has 2 rings (SSSR count). The number of methoxy groups -OCH3 is 1. The van der Waals surface area contributed by atoms with Gasteiger partial charge in [-0.25, -0.2) is 4.98 Å². The van der Waals surface area contributed by atoms with E-state index in [2.05, 4.69) is 27.1 Å². The molecule has 6 nitrogen and oxygen atoms in total. The maximum Gasteiger partial charge on any atom is 0.311 e. The van der Waals surface area contributed by atoms with Crippen molar-refractivity contribution in [2.24, 2.45) is 7.05 Å². The van der Waals surface area contributed by atoms with Gasteiger partial charge in [-0.15, -0.1) is 11.3 Å². The van der Waals surface area contributed by atoms with Crippen molar-refractivity contribution in [2.75, 3.05) is 12.4 Å². The molecule has 0 spiro atoms. The first kappa shape index (κ1) is 14.5. The largest absolute Gasteiger partial charge is 0.469 e. The molecule has 0 unspecified atom stereocenters. The van der Waals surface area contributed by atoms with Crippen molar-refractivity contribution in [3.05, 3.63) is 28.5 Å². The number of carbonyl (C=O) groups excluding carboxylic acids is 1. The average Bonchev–Trinajstić information content (AvgIpc) is 3.02. The lowest BCUT2D eigenvalue weighted by Gasteiger charge is -2.01. The highest BCUT2D eigenvalue weighted by Gasteiger charge is 2.09. The van der Waals surface area contributed by atoms with Crippen LogP contribution in [0.2, 0.25) is 0 Å². The Kier molecular flexibility index (Phi) is 4.73. The SMILES string of the molecule is CCc1nn(C)cc1CNc1nc(CC(=O)OC)cs1. The summed E-state index contributed by atoms with van der Waals surface area (Å²) in [5.74, 6) is -0.276. The van der Waals surface area contributed by atoms with E-state index >= 15 is 0 Å². The average molecular weight is 294 g/mol. The number of nitrogens with zero attached hydrogens (tertiary/aromatic N) is 3. The van der Waals surface area contributed by atoms with E-state index in [0.717, 1.165) is 22.9 Å². The monoisotopic (exact) mass is 294 g/mol. The third-order valence-electron chi connectivity index (χ3n) is 2.86. The molecule has 2 aromatic rings. The van der Waals surface area contributed by atoms with E-state index < -0.39 is 0 Å². The van der Waals surface area contributed by atoms with Crippen molar-refractivity contribution in [1.82, 2.24) is 14.8 Å². The summed E-state index contributed by atoms with van der Waals surface area (Å²) in [5.41, 5.74) is 2.98. The number of ether oxygens (including phenoxy) is 1. The Bertz CT molecular complexity index is 591. The molecule has 1 N–H and O–H groups in total. The van der Waals surface area contributed by atoms with E-state index in [-0.39, 0.29) is 12.4 Å². The lowest BCUT2D eigenvalue weighted by Crippen LogP contribution is -2.05. The van der Waals surface area contributed by atoms with Crippen molar-refractivity contribution in [1.29, 1.82) is 0 Å². The fourth-order valence-corrected chi connectivity index (χ4v) is 2.60. The molecule has 108 valence electrons. The maximum atomic E-state index is 11.2. The molecule has 0 aromatic carbocycles. The molecule has 0 bridgehead atoms. The van der Waals surface area contributed by atoms with Crippen LogP contribution in [0.15, 0.2) is 11.6 Å². The van der Waals surface area contributed by atoms with Gasteiger partial charge in [0.25, 0.3) is 0 Å². The highest BCUT2D eigenvalue weighted by Crippen LogP contribution is 2.18. The van der Waals surface area contributed by atoms with Crippen molar-refractivity contribution in [3.63, 3.8) is 0 Å². The first-order chi connectivity index (χ1) is 9.62. The first-order valence-corrected chi connectivity index (χ1v) is 7.26. The normalized spacial score (nSPS) is 10.6. The van der Waals surface area contributed by atoms with E-state index in [9.17, 15) is 4.79 Å². The zero-order valence-electron chi connectivity index (χ0n) is 11.8. The summed E-state index contributed by atoms with van der Waals surface area (Å²) >= 11 is 1.48. The molecule has 0 aliphatic carbocycles. The second kappa shape index (κ2) is 6.51. The third-order valence-corrected chi connectivity index (χ3v) is 3.71. The number of hydrogen-bond donors (Lipinski definition) is 1. The van der Waals surface area contributed by atoms with Gasteiger partial charge >= 0.3 is 5.97 Å². The summed E-state index contributed by atoms with van der Waals surface area (Å²) in [6.45, 7) is 2.77. The molecule has 7 heteroatoms. The van der Waals surface area contributed by atoms with Crippen molar-refractivity contribution >= 4 is 22.4 Å². The van der Waals surface area contributed by atoms with Gasteiger partial charge in [0.05, 0.1) is 24.9 Å². The third kappa shape index (κ3) is 3.57. The lowest BCUT2D eigenvalue weighted by atomic mass is 10.2. The van der Waals surface area contributed by atoms with E-state index in [4.69, 9.17) is 0 Å². The fourth-order valence-electron chi connectivity index (χ4n) is 1.89. The zero-order valence-corrected chi connectivity index (χ0v) is 12.7. The van der Waals surface area contributed by atoms with Gasteiger partial charge in [-0.1, -0.05) is 6.92 Å². The number of nitrogens with one attached hydrogen (secondary N) is 1. The minimum atomic E-state index is -0.276. The van der Waals surface area contributed by atoms with Gasteiger partial charge in [-0.05, 0) is 6.42 Å². The van der Waals surface area contributed by atoms with Gasteiger partial charge < -0.3 is 10.1 Å². The zero-order chi connectivity index (χ0) is 14.5. The van der Waals surface area contributed by atoms with Crippen molar-refractivity contribution < 1.29 is 9.53 Å². The van der Waals surface area contributed by atoms with E-state index in [1.165, 1.54) is 24.0 Å². The van der Waals surface area contributed by atoms with E-state index in [0.29, 0.717) is 6.54 Å². The number of aromatic nitrogens is 3. The molecule has 20 heavy (non-hydrogen) atoms. The van der Waals surface area contributed by atoms with E-state index in [1.54, 1.807) is 0 Å². The van der Waals surface area contributed by atoms with Crippen LogP contribution in [-0.2, 0) is 36.0 Å². The molecule has 0 amide bonds. The Morgan fingerprint density at radius 3 is 3.05 bits per heavy atom. The number of aryl methyl sites for hydroxylation is 2. The molecule has 0 saturated carbocycles. The lowest BCUT2D eigenvalue weighted by molar-refractivity contribution is -0.139. The molecule has 0 saturated heterocycles. The van der Waals surface area contributed by atoms with Crippen molar-refractivity contribution in [3.8, 4) is 0 Å². The van der Waals surface area contributed by atoms with Crippen LogP contribution in [-0.4, -0.2) is 27.8 Å². The number of thiazole rings is 1. The summed E-state index contributed by atoms with van der Waals surface area (Å²) in [7, 11) is 3.29. The topological polar surface area (TPSA) is 69.0 Å². The number of hydrogen-bond acceptors (Lipinski definition) is 6. The van der Waals surface area contributed by atoms with Crippen LogP contribution in [0.5, 0.6) is 0 Å². The van der Waals surface area contributed by atoms with Crippen LogP contribution >= 0.6 is 11.3 Å². The summed E-state index contributed by atoms with van der Waals surface area (Å²) in [6.07, 6.45) is 3.12. The maximum absolute atomic E-state index is 11.2. The standard InChI is InChI=1S/C13H18N4O2S/c1-4-11-9(7-17(2)16-11)6-14-13-15-10(8-20-13)5-12(18)19-3/h7-8H,4-6H2,1-3H3,(H,14,15). The highest BCUT2D eigenvalue weighted by atomic mass is 32.1. The van der Waals surface area contributed by atoms with Crippen molar-refractivity contribution in [2.45, 2.75) is 26.3 Å². The predicted molar refractivity (Wildman–Crippen MR) is 77.7 cm³/mol. The van der Waals surface area contributed by atoms with Gasteiger partial charge in [0.1, 0.15) is 0 Å². The minimum absolute atomic E-state index is 0.210. The van der Waals surface area contributed by atoms with Crippen LogP contribution < -0.4 is 5.32 Å². The second-order valence-electron chi connectivity index (χ2n) is 4.38. The second-order valence-corrected chi connectivity index (χ2v) is 5.24. The molecule has 0 fully saturated rings. The van der Waals surface area contributed by atoms with Crippen LogP contribution in [0.4, 0.5) is 5.13 Å². The fraction of sp³-hybridized carbons (Fsp3) is 0.462. The molecular formula is C13H18N4O2S.